The molecule has 3 nitrogen and oxygen atoms in total. The lowest BCUT2D eigenvalue weighted by Gasteiger charge is -2.06. The fraction of sp³-hybridized carbons (Fsp3) is 0.154. The fourth-order valence-corrected chi connectivity index (χ4v) is 1.92. The van der Waals surface area contributed by atoms with E-state index in [0.29, 0.717) is 22.6 Å². The van der Waals surface area contributed by atoms with Gasteiger partial charge >= 0.3 is 0 Å². The van der Waals surface area contributed by atoms with E-state index in [0.717, 1.165) is 0 Å². The molecule has 0 unspecified atom stereocenters. The molecule has 0 atom stereocenters. The predicted octanol–water partition coefficient (Wildman–Crippen LogP) is 3.45. The standard InChI is InChI=1S/C13H10ClFN2O/c1-7-13(8(2)18)16-6-12(17-7)10-4-3-9(15)5-11(10)14/h3-6H,1-2H3. The highest BCUT2D eigenvalue weighted by Crippen LogP contribution is 2.27. The topological polar surface area (TPSA) is 42.9 Å². The first-order chi connectivity index (χ1) is 8.49. The first-order valence-electron chi connectivity index (χ1n) is 5.29. The quantitative estimate of drug-likeness (QED) is 0.780. The normalized spacial score (nSPS) is 10.4. The van der Waals surface area contributed by atoms with Crippen molar-refractivity contribution >= 4 is 17.4 Å². The number of aryl methyl sites for hydroxylation is 1. The lowest BCUT2D eigenvalue weighted by Crippen LogP contribution is -2.03. The van der Waals surface area contributed by atoms with Crippen LogP contribution < -0.4 is 0 Å². The minimum Gasteiger partial charge on any atom is -0.293 e. The van der Waals surface area contributed by atoms with Gasteiger partial charge in [-0.25, -0.2) is 14.4 Å². The van der Waals surface area contributed by atoms with Crippen molar-refractivity contribution in [2.24, 2.45) is 0 Å². The molecular formula is C13H10ClFN2O. The van der Waals surface area contributed by atoms with Crippen molar-refractivity contribution in [2.45, 2.75) is 13.8 Å². The van der Waals surface area contributed by atoms with Crippen molar-refractivity contribution in [1.82, 2.24) is 9.97 Å². The number of ketones is 1. The summed E-state index contributed by atoms with van der Waals surface area (Å²) in [6.07, 6.45) is 1.46. The average molecular weight is 265 g/mol. The molecule has 1 heterocycles. The van der Waals surface area contributed by atoms with Crippen LogP contribution in [0.2, 0.25) is 5.02 Å². The zero-order valence-corrected chi connectivity index (χ0v) is 10.6. The van der Waals surface area contributed by atoms with Gasteiger partial charge in [-0.1, -0.05) is 11.6 Å². The van der Waals surface area contributed by atoms with E-state index in [2.05, 4.69) is 9.97 Å². The zero-order valence-electron chi connectivity index (χ0n) is 9.87. The number of carbonyl (C=O) groups is 1. The van der Waals surface area contributed by atoms with E-state index in [9.17, 15) is 9.18 Å². The molecule has 0 aliphatic carbocycles. The van der Waals surface area contributed by atoms with Crippen molar-refractivity contribution in [3.63, 3.8) is 0 Å². The first kappa shape index (κ1) is 12.6. The molecule has 1 aromatic heterocycles. The number of rotatable bonds is 2. The summed E-state index contributed by atoms with van der Waals surface area (Å²) < 4.78 is 12.9. The third kappa shape index (κ3) is 2.38. The number of halogens is 2. The summed E-state index contributed by atoms with van der Waals surface area (Å²) >= 11 is 5.94. The van der Waals surface area contributed by atoms with Gasteiger partial charge in [-0.05, 0) is 25.1 Å². The van der Waals surface area contributed by atoms with E-state index in [1.807, 2.05) is 0 Å². The second-order valence-electron chi connectivity index (χ2n) is 3.87. The van der Waals surface area contributed by atoms with Crippen LogP contribution in [0.4, 0.5) is 4.39 Å². The number of nitrogens with zero attached hydrogens (tertiary/aromatic N) is 2. The van der Waals surface area contributed by atoms with Crippen LogP contribution in [0, 0.1) is 12.7 Å². The molecule has 1 aromatic carbocycles. The van der Waals surface area contributed by atoms with Crippen LogP contribution in [0.3, 0.4) is 0 Å². The van der Waals surface area contributed by atoms with Crippen molar-refractivity contribution in [3.05, 3.63) is 46.6 Å². The van der Waals surface area contributed by atoms with Crippen LogP contribution >= 0.6 is 11.6 Å². The summed E-state index contributed by atoms with van der Waals surface area (Å²) in [5.74, 6) is -0.550. The van der Waals surface area contributed by atoms with Gasteiger partial charge in [0.15, 0.2) is 5.78 Å². The van der Waals surface area contributed by atoms with Crippen molar-refractivity contribution in [1.29, 1.82) is 0 Å². The predicted molar refractivity (Wildman–Crippen MR) is 67.2 cm³/mol. The van der Waals surface area contributed by atoms with Crippen molar-refractivity contribution in [2.75, 3.05) is 0 Å². The molecule has 0 aliphatic rings. The Labute approximate surface area is 109 Å². The smallest absolute Gasteiger partial charge is 0.179 e. The molecule has 0 saturated carbocycles. The Bertz CT molecular complexity index is 628. The van der Waals surface area contributed by atoms with Crippen molar-refractivity contribution in [3.8, 4) is 11.3 Å². The van der Waals surface area contributed by atoms with Gasteiger partial charge in [0.1, 0.15) is 11.5 Å². The Kier molecular flexibility index (Phi) is 3.39. The minimum atomic E-state index is -0.409. The summed E-state index contributed by atoms with van der Waals surface area (Å²) in [4.78, 5) is 19.6. The van der Waals surface area contributed by atoms with Crippen LogP contribution in [0.25, 0.3) is 11.3 Å². The Morgan fingerprint density at radius 3 is 2.67 bits per heavy atom. The maximum absolute atomic E-state index is 12.9. The second-order valence-corrected chi connectivity index (χ2v) is 4.28. The summed E-state index contributed by atoms with van der Waals surface area (Å²) in [7, 11) is 0. The maximum atomic E-state index is 12.9. The summed E-state index contributed by atoms with van der Waals surface area (Å²) in [5, 5.41) is 0.263. The van der Waals surface area contributed by atoms with Gasteiger partial charge in [0.2, 0.25) is 0 Å². The van der Waals surface area contributed by atoms with Crippen LogP contribution in [0.1, 0.15) is 23.1 Å². The van der Waals surface area contributed by atoms with E-state index >= 15 is 0 Å². The lowest BCUT2D eigenvalue weighted by molar-refractivity contribution is 0.101. The fourth-order valence-electron chi connectivity index (χ4n) is 1.65. The highest BCUT2D eigenvalue weighted by molar-refractivity contribution is 6.33. The molecule has 5 heteroatoms. The van der Waals surface area contributed by atoms with Crippen LogP contribution in [0.5, 0.6) is 0 Å². The maximum Gasteiger partial charge on any atom is 0.179 e. The van der Waals surface area contributed by atoms with Crippen LogP contribution in [-0.2, 0) is 0 Å². The first-order valence-corrected chi connectivity index (χ1v) is 5.67. The molecule has 0 bridgehead atoms. The molecule has 0 aliphatic heterocycles. The molecule has 0 radical (unpaired) electrons. The molecule has 0 spiro atoms. The summed E-state index contributed by atoms with van der Waals surface area (Å²) in [5.41, 5.74) is 1.96. The van der Waals surface area contributed by atoms with Gasteiger partial charge in [-0.2, -0.15) is 0 Å². The highest BCUT2D eigenvalue weighted by atomic mass is 35.5. The van der Waals surface area contributed by atoms with Gasteiger partial charge < -0.3 is 0 Å². The largest absolute Gasteiger partial charge is 0.293 e. The molecule has 0 amide bonds. The molecule has 0 saturated heterocycles. The molecule has 18 heavy (non-hydrogen) atoms. The van der Waals surface area contributed by atoms with E-state index in [-0.39, 0.29) is 10.8 Å². The highest BCUT2D eigenvalue weighted by Gasteiger charge is 2.11. The molecule has 0 fully saturated rings. The summed E-state index contributed by atoms with van der Waals surface area (Å²) in [6.45, 7) is 3.13. The minimum absolute atomic E-state index is 0.142. The van der Waals surface area contributed by atoms with E-state index < -0.39 is 5.82 Å². The average Bonchev–Trinajstić information content (AvgIpc) is 2.28. The Hall–Kier alpha value is -1.81. The monoisotopic (exact) mass is 264 g/mol. The molecule has 0 N–H and O–H groups in total. The van der Waals surface area contributed by atoms with Gasteiger partial charge in [-0.15, -0.1) is 0 Å². The van der Waals surface area contributed by atoms with Gasteiger partial charge in [-0.3, -0.25) is 4.79 Å². The third-order valence-electron chi connectivity index (χ3n) is 2.49. The summed E-state index contributed by atoms with van der Waals surface area (Å²) in [6, 6.07) is 4.05. The SMILES string of the molecule is CC(=O)c1ncc(-c2ccc(F)cc2Cl)nc1C. The third-order valence-corrected chi connectivity index (χ3v) is 2.80. The Morgan fingerprint density at radius 2 is 2.11 bits per heavy atom. The van der Waals surface area contributed by atoms with Crippen molar-refractivity contribution < 1.29 is 9.18 Å². The zero-order chi connectivity index (χ0) is 13.3. The molecule has 2 aromatic rings. The van der Waals surface area contributed by atoms with E-state index in [1.54, 1.807) is 6.92 Å². The Balaban J connectivity index is 2.52. The van der Waals surface area contributed by atoms with Gasteiger partial charge in [0.05, 0.1) is 22.6 Å². The number of benzene rings is 1. The van der Waals surface area contributed by atoms with Gasteiger partial charge in [0, 0.05) is 12.5 Å². The number of aromatic nitrogens is 2. The number of Topliss-reactive ketones (excluding diaryl/α,β-unsaturated/α-hetero) is 1. The molecule has 92 valence electrons. The second kappa shape index (κ2) is 4.82. The Morgan fingerprint density at radius 1 is 1.39 bits per heavy atom. The molecular weight excluding hydrogens is 255 g/mol. The van der Waals surface area contributed by atoms with Crippen LogP contribution in [0.15, 0.2) is 24.4 Å². The van der Waals surface area contributed by atoms with Crippen LogP contribution in [-0.4, -0.2) is 15.8 Å². The van der Waals surface area contributed by atoms with E-state index in [1.165, 1.54) is 31.3 Å². The number of hydrogen-bond donors (Lipinski definition) is 0. The number of hydrogen-bond acceptors (Lipinski definition) is 3. The van der Waals surface area contributed by atoms with Gasteiger partial charge in [0.25, 0.3) is 0 Å². The lowest BCUT2D eigenvalue weighted by atomic mass is 10.1. The molecule has 2 rings (SSSR count). The van der Waals surface area contributed by atoms with E-state index in [4.69, 9.17) is 11.6 Å². The number of carbonyl (C=O) groups excluding carboxylic acids is 1.